The average molecular weight is 261 g/mol. The summed E-state index contributed by atoms with van der Waals surface area (Å²) in [7, 11) is 0. The number of hydrogen-bond donors (Lipinski definition) is 1. The summed E-state index contributed by atoms with van der Waals surface area (Å²) in [5, 5.41) is 0. The normalized spacial score (nSPS) is 15.7. The molecule has 3 heteroatoms. The molecule has 1 unspecified atom stereocenters. The largest absolute Gasteiger partial charge is 0.320 e. The molecule has 0 saturated carbocycles. The maximum absolute atomic E-state index is 13.8. The first-order valence-corrected chi connectivity index (χ1v) is 7.10. The number of fused-ring (bicyclic) bond motifs is 1. The van der Waals surface area contributed by atoms with Gasteiger partial charge in [0, 0.05) is 15.3 Å². The first-order chi connectivity index (χ1) is 8.65. The number of thiophene rings is 1. The number of hydrogen-bond acceptors (Lipinski definition) is 2. The molecular formula is C15H16FNS. The Morgan fingerprint density at radius 3 is 2.89 bits per heavy atom. The molecule has 1 aromatic heterocycles. The van der Waals surface area contributed by atoms with Crippen molar-refractivity contribution in [1.29, 1.82) is 0 Å². The van der Waals surface area contributed by atoms with Crippen molar-refractivity contribution in [1.82, 2.24) is 0 Å². The Kier molecular flexibility index (Phi) is 2.96. The highest BCUT2D eigenvalue weighted by atomic mass is 32.1. The zero-order chi connectivity index (χ0) is 12.7. The summed E-state index contributed by atoms with van der Waals surface area (Å²) >= 11 is 1.75. The summed E-state index contributed by atoms with van der Waals surface area (Å²) < 4.78 is 13.8. The topological polar surface area (TPSA) is 26.0 Å². The van der Waals surface area contributed by atoms with Crippen LogP contribution in [0.3, 0.4) is 0 Å². The van der Waals surface area contributed by atoms with Gasteiger partial charge in [0.2, 0.25) is 0 Å². The van der Waals surface area contributed by atoms with Crippen molar-refractivity contribution in [3.8, 4) is 0 Å². The highest BCUT2D eigenvalue weighted by molar-refractivity contribution is 7.12. The highest BCUT2D eigenvalue weighted by Crippen LogP contribution is 2.35. The Morgan fingerprint density at radius 2 is 2.11 bits per heavy atom. The molecule has 1 heterocycles. The first kappa shape index (κ1) is 11.9. The number of benzene rings is 1. The lowest BCUT2D eigenvalue weighted by Gasteiger charge is -2.12. The van der Waals surface area contributed by atoms with Gasteiger partial charge in [-0.3, -0.25) is 0 Å². The fraction of sp³-hybridized carbons (Fsp3) is 0.333. The lowest BCUT2D eigenvalue weighted by atomic mass is 10.0. The third kappa shape index (κ3) is 1.98. The van der Waals surface area contributed by atoms with Gasteiger partial charge in [0.1, 0.15) is 5.82 Å². The van der Waals surface area contributed by atoms with Crippen LogP contribution in [0, 0.1) is 12.7 Å². The minimum absolute atomic E-state index is 0.207. The maximum Gasteiger partial charge on any atom is 0.128 e. The smallest absolute Gasteiger partial charge is 0.128 e. The molecule has 0 saturated heterocycles. The van der Waals surface area contributed by atoms with E-state index in [0.717, 1.165) is 23.3 Å². The highest BCUT2D eigenvalue weighted by Gasteiger charge is 2.20. The van der Waals surface area contributed by atoms with E-state index in [1.165, 1.54) is 22.9 Å². The van der Waals surface area contributed by atoms with Crippen LogP contribution < -0.4 is 5.73 Å². The van der Waals surface area contributed by atoms with Crippen molar-refractivity contribution >= 4 is 11.3 Å². The molecule has 94 valence electrons. The lowest BCUT2D eigenvalue weighted by Crippen LogP contribution is -2.12. The maximum atomic E-state index is 13.8. The van der Waals surface area contributed by atoms with Crippen LogP contribution in [0.25, 0.3) is 0 Å². The van der Waals surface area contributed by atoms with E-state index in [4.69, 9.17) is 5.73 Å². The van der Waals surface area contributed by atoms with E-state index < -0.39 is 0 Å². The minimum Gasteiger partial charge on any atom is -0.320 e. The monoisotopic (exact) mass is 261 g/mol. The third-order valence-corrected chi connectivity index (χ3v) is 4.88. The Labute approximate surface area is 110 Å². The van der Waals surface area contributed by atoms with Crippen LogP contribution in [0.5, 0.6) is 0 Å². The summed E-state index contributed by atoms with van der Waals surface area (Å²) in [6.45, 7) is 1.96. The second-order valence-electron chi connectivity index (χ2n) is 4.95. The number of rotatable bonds is 2. The van der Waals surface area contributed by atoms with Crippen molar-refractivity contribution in [2.45, 2.75) is 32.2 Å². The van der Waals surface area contributed by atoms with Crippen LogP contribution in [0.1, 0.15) is 38.9 Å². The van der Waals surface area contributed by atoms with Crippen LogP contribution in [0.4, 0.5) is 4.39 Å². The molecule has 18 heavy (non-hydrogen) atoms. The third-order valence-electron chi connectivity index (χ3n) is 3.56. The molecular weight excluding hydrogens is 245 g/mol. The van der Waals surface area contributed by atoms with Crippen molar-refractivity contribution in [2.75, 3.05) is 0 Å². The van der Waals surface area contributed by atoms with Crippen LogP contribution in [-0.4, -0.2) is 0 Å². The predicted molar refractivity (Wildman–Crippen MR) is 73.5 cm³/mol. The van der Waals surface area contributed by atoms with E-state index in [2.05, 4.69) is 6.07 Å². The SMILES string of the molecule is Cc1ccc(F)c(C(N)c2cc3c(s2)CCC3)c1. The molecule has 1 aliphatic rings. The van der Waals surface area contributed by atoms with E-state index >= 15 is 0 Å². The summed E-state index contributed by atoms with van der Waals surface area (Å²) in [6, 6.07) is 6.97. The van der Waals surface area contributed by atoms with E-state index in [0.29, 0.717) is 5.56 Å². The summed E-state index contributed by atoms with van der Waals surface area (Å²) in [5.41, 5.74) is 9.29. The standard InChI is InChI=1S/C15H16FNS/c1-9-5-6-12(16)11(7-9)15(17)14-8-10-3-2-4-13(10)18-14/h5-8,15H,2-4,17H2,1H3. The number of nitrogens with two attached hydrogens (primary N) is 1. The molecule has 2 aromatic rings. The van der Waals surface area contributed by atoms with Crippen LogP contribution >= 0.6 is 11.3 Å². The fourth-order valence-electron chi connectivity index (χ4n) is 2.56. The molecule has 3 rings (SSSR count). The van der Waals surface area contributed by atoms with E-state index in [9.17, 15) is 4.39 Å². The van der Waals surface area contributed by atoms with E-state index in [1.54, 1.807) is 17.4 Å². The van der Waals surface area contributed by atoms with Gasteiger partial charge in [-0.1, -0.05) is 17.7 Å². The van der Waals surface area contributed by atoms with Gasteiger partial charge in [-0.15, -0.1) is 11.3 Å². The second-order valence-corrected chi connectivity index (χ2v) is 6.12. The molecule has 1 nitrogen and oxygen atoms in total. The number of aryl methyl sites for hydroxylation is 3. The van der Waals surface area contributed by atoms with Crippen LogP contribution in [0.15, 0.2) is 24.3 Å². The van der Waals surface area contributed by atoms with Gasteiger partial charge in [-0.2, -0.15) is 0 Å². The van der Waals surface area contributed by atoms with Crippen molar-refractivity contribution in [2.24, 2.45) is 5.73 Å². The minimum atomic E-state index is -0.333. The fourth-order valence-corrected chi connectivity index (χ4v) is 3.84. The van der Waals surface area contributed by atoms with Gasteiger partial charge in [0.25, 0.3) is 0 Å². The van der Waals surface area contributed by atoms with Crippen molar-refractivity contribution in [3.05, 3.63) is 56.5 Å². The predicted octanol–water partition coefficient (Wildman–Crippen LogP) is 3.73. The van der Waals surface area contributed by atoms with Gasteiger partial charge in [0.15, 0.2) is 0 Å². The molecule has 1 atom stereocenters. The Morgan fingerprint density at radius 1 is 1.28 bits per heavy atom. The zero-order valence-electron chi connectivity index (χ0n) is 10.4. The molecule has 0 bridgehead atoms. The van der Waals surface area contributed by atoms with E-state index in [-0.39, 0.29) is 11.9 Å². The van der Waals surface area contributed by atoms with Gasteiger partial charge < -0.3 is 5.73 Å². The van der Waals surface area contributed by atoms with Crippen molar-refractivity contribution < 1.29 is 4.39 Å². The summed E-state index contributed by atoms with van der Waals surface area (Å²) in [6.07, 6.45) is 3.55. The second kappa shape index (κ2) is 4.48. The molecule has 1 aliphatic carbocycles. The quantitative estimate of drug-likeness (QED) is 0.875. The van der Waals surface area contributed by atoms with Gasteiger partial charge >= 0.3 is 0 Å². The van der Waals surface area contributed by atoms with Crippen molar-refractivity contribution in [3.63, 3.8) is 0 Å². The molecule has 0 amide bonds. The number of halogens is 1. The van der Waals surface area contributed by atoms with Crippen LogP contribution in [-0.2, 0) is 12.8 Å². The summed E-state index contributed by atoms with van der Waals surface area (Å²) in [5.74, 6) is -0.207. The molecule has 0 radical (unpaired) electrons. The van der Waals surface area contributed by atoms with Gasteiger partial charge in [-0.05, 0) is 43.9 Å². The molecule has 0 aliphatic heterocycles. The average Bonchev–Trinajstić information content (AvgIpc) is 2.91. The van der Waals surface area contributed by atoms with E-state index in [1.807, 2.05) is 13.0 Å². The lowest BCUT2D eigenvalue weighted by molar-refractivity contribution is 0.600. The molecule has 2 N–H and O–H groups in total. The molecule has 0 fully saturated rings. The Hall–Kier alpha value is -1.19. The van der Waals surface area contributed by atoms with Gasteiger partial charge in [0.05, 0.1) is 6.04 Å². The Bertz CT molecular complexity index is 567. The Balaban J connectivity index is 1.98. The summed E-state index contributed by atoms with van der Waals surface area (Å²) in [4.78, 5) is 2.53. The van der Waals surface area contributed by atoms with Crippen LogP contribution in [0.2, 0.25) is 0 Å². The molecule has 0 spiro atoms. The zero-order valence-corrected chi connectivity index (χ0v) is 11.2. The first-order valence-electron chi connectivity index (χ1n) is 6.28. The van der Waals surface area contributed by atoms with Gasteiger partial charge in [-0.25, -0.2) is 4.39 Å². The molecule has 1 aromatic carbocycles.